The van der Waals surface area contributed by atoms with Crippen LogP contribution < -0.4 is 10.5 Å². The minimum absolute atomic E-state index is 0.0501. The number of hydrogen-bond donors (Lipinski definition) is 3. The monoisotopic (exact) mass is 240 g/mol. The Hall–Kier alpha value is -1.20. The van der Waals surface area contributed by atoms with Crippen molar-refractivity contribution in [1.82, 2.24) is 0 Å². The van der Waals surface area contributed by atoms with E-state index < -0.39 is 0 Å². The Kier molecular flexibility index (Phi) is 5.14. The molecule has 0 heterocycles. The van der Waals surface area contributed by atoms with Crippen LogP contribution in [-0.2, 0) is 0 Å². The van der Waals surface area contributed by atoms with E-state index in [4.69, 9.17) is 21.0 Å². The topological polar surface area (TPSA) is 79.3 Å². The Labute approximate surface area is 99.3 Å². The molecule has 0 aliphatic heterocycles. The molecule has 0 atom stereocenters. The van der Waals surface area contributed by atoms with Crippen molar-refractivity contribution in [2.45, 2.75) is 11.3 Å². The van der Waals surface area contributed by atoms with Gasteiger partial charge in [-0.2, -0.15) is 0 Å². The predicted octanol–water partition coefficient (Wildman–Crippen LogP) is 1.45. The Bertz CT molecular complexity index is 369. The third kappa shape index (κ3) is 3.43. The van der Waals surface area contributed by atoms with E-state index in [9.17, 15) is 0 Å². The van der Waals surface area contributed by atoms with Gasteiger partial charge in [0.25, 0.3) is 0 Å². The van der Waals surface area contributed by atoms with Gasteiger partial charge in [0, 0.05) is 22.8 Å². The molecule has 16 heavy (non-hydrogen) atoms. The van der Waals surface area contributed by atoms with Crippen molar-refractivity contribution in [1.29, 1.82) is 5.41 Å². The fraction of sp³-hybridized carbons (Fsp3) is 0.364. The molecule has 0 aromatic heterocycles. The van der Waals surface area contributed by atoms with Gasteiger partial charge in [0.1, 0.15) is 11.6 Å². The SMILES string of the molecule is COc1ccc(C(=N)N)c(SCCCO)c1. The maximum atomic E-state index is 8.72. The lowest BCUT2D eigenvalue weighted by Crippen LogP contribution is -2.12. The minimum Gasteiger partial charge on any atom is -0.497 e. The molecule has 0 spiro atoms. The van der Waals surface area contributed by atoms with Crippen LogP contribution in [0.15, 0.2) is 23.1 Å². The Balaban J connectivity index is 2.87. The summed E-state index contributed by atoms with van der Waals surface area (Å²) in [7, 11) is 1.60. The molecule has 4 nitrogen and oxygen atoms in total. The fourth-order valence-corrected chi connectivity index (χ4v) is 2.24. The summed E-state index contributed by atoms with van der Waals surface area (Å²) in [5, 5.41) is 16.2. The largest absolute Gasteiger partial charge is 0.497 e. The number of amidine groups is 1. The smallest absolute Gasteiger partial charge is 0.123 e. The molecule has 1 aromatic carbocycles. The van der Waals surface area contributed by atoms with Crippen LogP contribution in [0.4, 0.5) is 0 Å². The summed E-state index contributed by atoms with van der Waals surface area (Å²) >= 11 is 1.57. The molecule has 1 aromatic rings. The molecule has 5 heteroatoms. The molecule has 0 bridgehead atoms. The van der Waals surface area contributed by atoms with Gasteiger partial charge in [-0.05, 0) is 24.6 Å². The average Bonchev–Trinajstić information content (AvgIpc) is 2.29. The second kappa shape index (κ2) is 6.40. The van der Waals surface area contributed by atoms with Crippen molar-refractivity contribution in [2.75, 3.05) is 19.5 Å². The van der Waals surface area contributed by atoms with Crippen molar-refractivity contribution in [3.05, 3.63) is 23.8 Å². The molecule has 1 rings (SSSR count). The Morgan fingerprint density at radius 1 is 1.56 bits per heavy atom. The molecule has 0 unspecified atom stereocenters. The van der Waals surface area contributed by atoms with Crippen LogP contribution in [0.25, 0.3) is 0 Å². The zero-order valence-electron chi connectivity index (χ0n) is 9.19. The number of methoxy groups -OCH3 is 1. The first-order chi connectivity index (χ1) is 7.69. The number of nitrogens with one attached hydrogen (secondary N) is 1. The van der Waals surface area contributed by atoms with Crippen LogP contribution in [-0.4, -0.2) is 30.4 Å². The lowest BCUT2D eigenvalue weighted by Gasteiger charge is -2.09. The molecule has 88 valence electrons. The average molecular weight is 240 g/mol. The minimum atomic E-state index is 0.0501. The number of nitrogens with two attached hydrogens (primary N) is 1. The van der Waals surface area contributed by atoms with Gasteiger partial charge >= 0.3 is 0 Å². The van der Waals surface area contributed by atoms with Crippen molar-refractivity contribution in [3.63, 3.8) is 0 Å². The molecular weight excluding hydrogens is 224 g/mol. The second-order valence-electron chi connectivity index (χ2n) is 3.20. The molecule has 0 saturated carbocycles. The highest BCUT2D eigenvalue weighted by Gasteiger charge is 2.07. The maximum absolute atomic E-state index is 8.72. The van der Waals surface area contributed by atoms with Gasteiger partial charge in [-0.25, -0.2) is 0 Å². The van der Waals surface area contributed by atoms with Crippen LogP contribution in [0.1, 0.15) is 12.0 Å². The summed E-state index contributed by atoms with van der Waals surface area (Å²) in [4.78, 5) is 0.917. The van der Waals surface area contributed by atoms with Crippen molar-refractivity contribution in [3.8, 4) is 5.75 Å². The van der Waals surface area contributed by atoms with Crippen LogP contribution in [0.5, 0.6) is 5.75 Å². The van der Waals surface area contributed by atoms with Gasteiger partial charge in [-0.1, -0.05) is 0 Å². The third-order valence-corrected chi connectivity index (χ3v) is 3.18. The number of benzene rings is 1. The number of aliphatic hydroxyl groups is 1. The number of hydrogen-bond acceptors (Lipinski definition) is 4. The zero-order valence-corrected chi connectivity index (χ0v) is 10.0. The van der Waals surface area contributed by atoms with Gasteiger partial charge in [-0.3, -0.25) is 5.41 Å². The van der Waals surface area contributed by atoms with Crippen LogP contribution in [0, 0.1) is 5.41 Å². The van der Waals surface area contributed by atoms with E-state index in [0.717, 1.165) is 22.8 Å². The lowest BCUT2D eigenvalue weighted by atomic mass is 10.2. The normalized spacial score (nSPS) is 10.1. The van der Waals surface area contributed by atoms with E-state index in [1.165, 1.54) is 0 Å². The van der Waals surface area contributed by atoms with Gasteiger partial charge in [-0.15, -0.1) is 11.8 Å². The molecule has 4 N–H and O–H groups in total. The molecule has 0 aliphatic carbocycles. The number of thioether (sulfide) groups is 1. The Morgan fingerprint density at radius 2 is 2.31 bits per heavy atom. The van der Waals surface area contributed by atoms with Crippen molar-refractivity contribution >= 4 is 17.6 Å². The van der Waals surface area contributed by atoms with Crippen LogP contribution in [0.2, 0.25) is 0 Å². The first-order valence-corrected chi connectivity index (χ1v) is 5.93. The summed E-state index contributed by atoms with van der Waals surface area (Å²) < 4.78 is 5.12. The van der Waals surface area contributed by atoms with Crippen molar-refractivity contribution < 1.29 is 9.84 Å². The summed E-state index contributed by atoms with van der Waals surface area (Å²) in [6.07, 6.45) is 0.721. The molecule has 0 aliphatic rings. The third-order valence-electron chi connectivity index (χ3n) is 2.04. The van der Waals surface area contributed by atoms with E-state index in [1.807, 2.05) is 6.07 Å². The van der Waals surface area contributed by atoms with Gasteiger partial charge in [0.2, 0.25) is 0 Å². The molecule has 0 amide bonds. The molecule has 0 saturated heterocycles. The summed E-state index contributed by atoms with van der Waals surface area (Å²) in [5.41, 5.74) is 6.20. The van der Waals surface area contributed by atoms with E-state index in [-0.39, 0.29) is 12.4 Å². The van der Waals surface area contributed by atoms with E-state index in [1.54, 1.807) is 31.0 Å². The zero-order chi connectivity index (χ0) is 12.0. The second-order valence-corrected chi connectivity index (χ2v) is 4.34. The van der Waals surface area contributed by atoms with Crippen molar-refractivity contribution in [2.24, 2.45) is 5.73 Å². The highest BCUT2D eigenvalue weighted by Crippen LogP contribution is 2.27. The fourth-order valence-electron chi connectivity index (χ4n) is 1.22. The van der Waals surface area contributed by atoms with E-state index in [0.29, 0.717) is 5.56 Å². The number of rotatable bonds is 6. The maximum Gasteiger partial charge on any atom is 0.123 e. The first kappa shape index (κ1) is 12.9. The van der Waals surface area contributed by atoms with Crippen LogP contribution in [0.3, 0.4) is 0 Å². The highest BCUT2D eigenvalue weighted by molar-refractivity contribution is 7.99. The molecule has 0 fully saturated rings. The lowest BCUT2D eigenvalue weighted by molar-refractivity contribution is 0.296. The first-order valence-electron chi connectivity index (χ1n) is 4.95. The summed E-state index contributed by atoms with van der Waals surface area (Å²) in [6, 6.07) is 5.42. The highest BCUT2D eigenvalue weighted by atomic mass is 32.2. The van der Waals surface area contributed by atoms with E-state index in [2.05, 4.69) is 0 Å². The summed E-state index contributed by atoms with van der Waals surface area (Å²) in [5.74, 6) is 1.59. The summed E-state index contributed by atoms with van der Waals surface area (Å²) in [6.45, 7) is 0.173. The molecular formula is C11H16N2O2S. The standard InChI is InChI=1S/C11H16N2O2S/c1-15-8-3-4-9(11(12)13)10(7-8)16-6-2-5-14/h3-4,7,14H,2,5-6H2,1H3,(H3,12,13). The predicted molar refractivity (Wildman–Crippen MR) is 66.4 cm³/mol. The molecule has 0 radical (unpaired) electrons. The Morgan fingerprint density at radius 3 is 2.88 bits per heavy atom. The van der Waals surface area contributed by atoms with Gasteiger partial charge in [0.05, 0.1) is 7.11 Å². The van der Waals surface area contributed by atoms with E-state index >= 15 is 0 Å². The quantitative estimate of drug-likeness (QED) is 0.304. The van der Waals surface area contributed by atoms with Gasteiger partial charge < -0.3 is 15.6 Å². The van der Waals surface area contributed by atoms with Gasteiger partial charge in [0.15, 0.2) is 0 Å². The number of aliphatic hydroxyl groups excluding tert-OH is 1. The number of nitrogen functional groups attached to an aromatic ring is 1. The number of ether oxygens (including phenoxy) is 1. The van der Waals surface area contributed by atoms with Crippen LogP contribution >= 0.6 is 11.8 Å².